The summed E-state index contributed by atoms with van der Waals surface area (Å²) in [6.07, 6.45) is 2.92. The summed E-state index contributed by atoms with van der Waals surface area (Å²) in [7, 11) is 3.44. The van der Waals surface area contributed by atoms with Crippen molar-refractivity contribution in [3.05, 3.63) is 58.5 Å². The Morgan fingerprint density at radius 1 is 1.22 bits per heavy atom. The summed E-state index contributed by atoms with van der Waals surface area (Å²) in [5.41, 5.74) is 3.08. The molecule has 2 aromatic rings. The van der Waals surface area contributed by atoms with Crippen LogP contribution in [-0.4, -0.2) is 20.6 Å². The lowest BCUT2D eigenvalue weighted by Gasteiger charge is -2.16. The molecule has 0 aliphatic rings. The van der Waals surface area contributed by atoms with Gasteiger partial charge in [0.25, 0.3) is 0 Å². The van der Waals surface area contributed by atoms with Crippen LogP contribution in [0.5, 0.6) is 5.75 Å². The van der Waals surface area contributed by atoms with Gasteiger partial charge in [0.1, 0.15) is 5.75 Å². The predicted octanol–water partition coefficient (Wildman–Crippen LogP) is 4.75. The quantitative estimate of drug-likeness (QED) is 0.566. The standard InChI is InChI=1S/C19H21NO2S/c1-14-9-10-19(17(11-14)20(3)13-21)23-15(2)12-16-7-5-6-8-18(16)22-4/h5-13H,1-4H3/b15-12+. The van der Waals surface area contributed by atoms with Gasteiger partial charge < -0.3 is 9.64 Å². The van der Waals surface area contributed by atoms with Crippen LogP contribution in [-0.2, 0) is 4.79 Å². The molecular formula is C19H21NO2S. The van der Waals surface area contributed by atoms with E-state index in [1.807, 2.05) is 37.3 Å². The molecule has 0 saturated carbocycles. The second kappa shape index (κ2) is 7.88. The van der Waals surface area contributed by atoms with Crippen LogP contribution in [0, 0.1) is 6.92 Å². The molecule has 0 saturated heterocycles. The van der Waals surface area contributed by atoms with Crippen molar-refractivity contribution in [3.8, 4) is 5.75 Å². The average molecular weight is 327 g/mol. The number of ether oxygens (including phenoxy) is 1. The molecule has 0 aromatic heterocycles. The Hall–Kier alpha value is -2.20. The van der Waals surface area contributed by atoms with Gasteiger partial charge in [0.15, 0.2) is 0 Å². The molecule has 0 fully saturated rings. The first-order valence-corrected chi connectivity index (χ1v) is 8.14. The third kappa shape index (κ3) is 4.39. The van der Waals surface area contributed by atoms with E-state index < -0.39 is 0 Å². The lowest BCUT2D eigenvalue weighted by molar-refractivity contribution is -0.107. The maximum Gasteiger partial charge on any atom is 0.213 e. The van der Waals surface area contributed by atoms with E-state index in [4.69, 9.17) is 4.74 Å². The van der Waals surface area contributed by atoms with E-state index in [-0.39, 0.29) is 0 Å². The molecule has 0 bridgehead atoms. The van der Waals surface area contributed by atoms with Gasteiger partial charge >= 0.3 is 0 Å². The molecule has 0 aliphatic heterocycles. The number of rotatable bonds is 6. The summed E-state index contributed by atoms with van der Waals surface area (Å²) in [5, 5.41) is 0. The first-order chi connectivity index (χ1) is 11.0. The molecule has 0 unspecified atom stereocenters. The van der Waals surface area contributed by atoms with Gasteiger partial charge in [-0.15, -0.1) is 0 Å². The van der Waals surface area contributed by atoms with Crippen LogP contribution in [0.3, 0.4) is 0 Å². The molecule has 1 amide bonds. The van der Waals surface area contributed by atoms with Gasteiger partial charge in [-0.1, -0.05) is 36.0 Å². The maximum absolute atomic E-state index is 11.1. The smallest absolute Gasteiger partial charge is 0.213 e. The van der Waals surface area contributed by atoms with Crippen LogP contribution in [0.1, 0.15) is 18.1 Å². The zero-order valence-corrected chi connectivity index (χ0v) is 14.7. The molecule has 2 rings (SSSR count). The Morgan fingerprint density at radius 3 is 2.65 bits per heavy atom. The lowest BCUT2D eigenvalue weighted by Crippen LogP contribution is -2.14. The Morgan fingerprint density at radius 2 is 1.96 bits per heavy atom. The SMILES string of the molecule is COc1ccccc1/C=C(\C)Sc1ccc(C)cc1N(C)C=O. The van der Waals surface area contributed by atoms with Crippen molar-refractivity contribution in [2.45, 2.75) is 18.7 Å². The number of carbonyl (C=O) groups excluding carboxylic acids is 1. The molecule has 120 valence electrons. The van der Waals surface area contributed by atoms with Gasteiger partial charge in [-0.05, 0) is 48.6 Å². The fourth-order valence-electron chi connectivity index (χ4n) is 2.25. The van der Waals surface area contributed by atoms with Gasteiger partial charge in [0, 0.05) is 17.5 Å². The average Bonchev–Trinajstić information content (AvgIpc) is 2.56. The van der Waals surface area contributed by atoms with Crippen LogP contribution in [0.2, 0.25) is 0 Å². The number of carbonyl (C=O) groups is 1. The summed E-state index contributed by atoms with van der Waals surface area (Å²) in [5.74, 6) is 0.849. The molecule has 0 aliphatic carbocycles. The minimum absolute atomic E-state index is 0.831. The largest absolute Gasteiger partial charge is 0.496 e. The van der Waals surface area contributed by atoms with Crippen LogP contribution in [0.15, 0.2) is 52.3 Å². The second-order valence-electron chi connectivity index (χ2n) is 5.29. The maximum atomic E-state index is 11.1. The fraction of sp³-hybridized carbons (Fsp3) is 0.211. The highest BCUT2D eigenvalue weighted by atomic mass is 32.2. The molecule has 0 N–H and O–H groups in total. The van der Waals surface area contributed by atoms with Gasteiger partial charge in [0.05, 0.1) is 12.8 Å². The van der Waals surface area contributed by atoms with E-state index in [0.29, 0.717) is 0 Å². The number of aryl methyl sites for hydroxylation is 1. The van der Waals surface area contributed by atoms with Crippen molar-refractivity contribution in [3.63, 3.8) is 0 Å². The van der Waals surface area contributed by atoms with Crippen LogP contribution >= 0.6 is 11.8 Å². The van der Waals surface area contributed by atoms with Crippen molar-refractivity contribution in [2.75, 3.05) is 19.1 Å². The first-order valence-electron chi connectivity index (χ1n) is 7.33. The number of hydrogen-bond donors (Lipinski definition) is 0. The number of thioether (sulfide) groups is 1. The summed E-state index contributed by atoms with van der Waals surface area (Å²) in [6, 6.07) is 14.0. The number of anilines is 1. The summed E-state index contributed by atoms with van der Waals surface area (Å²) < 4.78 is 5.38. The first kappa shape index (κ1) is 17.2. The van der Waals surface area contributed by atoms with E-state index in [1.54, 1.807) is 30.8 Å². The predicted molar refractivity (Wildman–Crippen MR) is 98.1 cm³/mol. The Kier molecular flexibility index (Phi) is 5.88. The molecule has 2 aromatic carbocycles. The number of benzene rings is 2. The zero-order valence-electron chi connectivity index (χ0n) is 13.9. The Bertz CT molecular complexity index is 725. The minimum atomic E-state index is 0.831. The van der Waals surface area contributed by atoms with Crippen LogP contribution < -0.4 is 9.64 Å². The molecule has 0 atom stereocenters. The topological polar surface area (TPSA) is 29.5 Å². The molecule has 0 radical (unpaired) electrons. The van der Waals surface area contributed by atoms with Gasteiger partial charge in [-0.3, -0.25) is 4.79 Å². The molecule has 0 spiro atoms. The summed E-state index contributed by atoms with van der Waals surface area (Å²) in [4.78, 5) is 14.9. The highest BCUT2D eigenvalue weighted by Crippen LogP contribution is 2.36. The normalized spacial score (nSPS) is 11.2. The van der Waals surface area contributed by atoms with Crippen molar-refractivity contribution in [1.29, 1.82) is 0 Å². The van der Waals surface area contributed by atoms with Crippen molar-refractivity contribution in [1.82, 2.24) is 0 Å². The molecule has 0 heterocycles. The third-order valence-electron chi connectivity index (χ3n) is 3.42. The summed E-state index contributed by atoms with van der Waals surface area (Å²) >= 11 is 1.64. The van der Waals surface area contributed by atoms with Gasteiger partial charge in [-0.25, -0.2) is 0 Å². The number of methoxy groups -OCH3 is 1. The number of hydrogen-bond acceptors (Lipinski definition) is 3. The van der Waals surface area contributed by atoms with E-state index in [0.717, 1.165) is 38.8 Å². The summed E-state index contributed by atoms with van der Waals surface area (Å²) in [6.45, 7) is 4.08. The molecule has 3 nitrogen and oxygen atoms in total. The zero-order chi connectivity index (χ0) is 16.8. The van der Waals surface area contributed by atoms with Crippen molar-refractivity contribution < 1.29 is 9.53 Å². The van der Waals surface area contributed by atoms with Crippen molar-refractivity contribution in [2.24, 2.45) is 0 Å². The molecule has 23 heavy (non-hydrogen) atoms. The van der Waals surface area contributed by atoms with E-state index >= 15 is 0 Å². The number of nitrogens with zero attached hydrogens (tertiary/aromatic N) is 1. The highest BCUT2D eigenvalue weighted by molar-refractivity contribution is 8.03. The van der Waals surface area contributed by atoms with Crippen LogP contribution in [0.4, 0.5) is 5.69 Å². The third-order valence-corrected chi connectivity index (χ3v) is 4.43. The Labute approximate surface area is 142 Å². The van der Waals surface area contributed by atoms with Gasteiger partial charge in [0.2, 0.25) is 6.41 Å². The molecular weight excluding hydrogens is 306 g/mol. The number of para-hydroxylation sites is 1. The minimum Gasteiger partial charge on any atom is -0.496 e. The lowest BCUT2D eigenvalue weighted by atomic mass is 10.2. The number of amides is 1. The van der Waals surface area contributed by atoms with E-state index in [1.165, 1.54) is 0 Å². The highest BCUT2D eigenvalue weighted by Gasteiger charge is 2.09. The van der Waals surface area contributed by atoms with E-state index in [2.05, 4.69) is 25.1 Å². The monoisotopic (exact) mass is 327 g/mol. The number of allylic oxidation sites excluding steroid dienone is 1. The second-order valence-corrected chi connectivity index (χ2v) is 6.57. The van der Waals surface area contributed by atoms with Gasteiger partial charge in [-0.2, -0.15) is 0 Å². The van der Waals surface area contributed by atoms with Crippen LogP contribution in [0.25, 0.3) is 6.08 Å². The fourth-order valence-corrected chi connectivity index (χ4v) is 3.23. The van der Waals surface area contributed by atoms with E-state index in [9.17, 15) is 4.79 Å². The Balaban J connectivity index is 2.31. The van der Waals surface area contributed by atoms with Crippen molar-refractivity contribution >= 4 is 29.9 Å². The molecule has 4 heteroatoms.